The van der Waals surface area contributed by atoms with Gasteiger partial charge in [0.15, 0.2) is 5.78 Å². The van der Waals surface area contributed by atoms with Gasteiger partial charge in [-0.1, -0.05) is 40.7 Å². The molecule has 0 radical (unpaired) electrons. The third kappa shape index (κ3) is 5.68. The molecule has 0 spiro atoms. The van der Waals surface area contributed by atoms with E-state index in [0.29, 0.717) is 35.9 Å². The molecule has 0 bridgehead atoms. The van der Waals surface area contributed by atoms with Crippen molar-refractivity contribution in [3.63, 3.8) is 0 Å². The van der Waals surface area contributed by atoms with Crippen molar-refractivity contribution in [1.29, 1.82) is 0 Å². The summed E-state index contributed by atoms with van der Waals surface area (Å²) in [5.74, 6) is 2.74. The van der Waals surface area contributed by atoms with E-state index in [0.717, 1.165) is 44.1 Å². The van der Waals surface area contributed by atoms with Gasteiger partial charge in [0.1, 0.15) is 6.10 Å². The first-order valence-electron chi connectivity index (χ1n) is 15.6. The minimum Gasteiger partial charge on any atom is -0.446 e. The molecule has 222 valence electrons. The molecule has 6 nitrogen and oxygen atoms in total. The number of fused-ring (bicyclic) bond motifs is 5. The highest BCUT2D eigenvalue weighted by Crippen LogP contribution is 2.68. The highest BCUT2D eigenvalue weighted by atomic mass is 16.6. The third-order valence-corrected chi connectivity index (χ3v) is 11.4. The van der Waals surface area contributed by atoms with E-state index < -0.39 is 0 Å². The fourth-order valence-electron chi connectivity index (χ4n) is 9.28. The van der Waals surface area contributed by atoms with Gasteiger partial charge in [-0.15, -0.1) is 0 Å². The summed E-state index contributed by atoms with van der Waals surface area (Å²) in [6, 6.07) is 0. The molecule has 0 aromatic heterocycles. The summed E-state index contributed by atoms with van der Waals surface area (Å²) in [5, 5.41) is 0. The van der Waals surface area contributed by atoms with Crippen LogP contribution in [0.3, 0.4) is 0 Å². The lowest BCUT2D eigenvalue weighted by atomic mass is 9.43. The lowest BCUT2D eigenvalue weighted by Crippen LogP contribution is -2.58. The molecule has 4 fully saturated rings. The van der Waals surface area contributed by atoms with E-state index >= 15 is 0 Å². The highest BCUT2D eigenvalue weighted by Gasteiger charge is 2.64. The van der Waals surface area contributed by atoms with E-state index in [1.54, 1.807) is 19.0 Å². The molecule has 4 aliphatic carbocycles. The highest BCUT2D eigenvalue weighted by molar-refractivity contribution is 5.99. The molecule has 2 amide bonds. The predicted octanol–water partition coefficient (Wildman–Crippen LogP) is 6.98. The molecule has 4 aliphatic rings. The molecular weight excluding hydrogens is 488 g/mol. The maximum atomic E-state index is 14.2. The first-order chi connectivity index (χ1) is 18.3. The number of ketones is 1. The van der Waals surface area contributed by atoms with Crippen LogP contribution < -0.4 is 0 Å². The smallest absolute Gasteiger partial charge is 0.409 e. The second kappa shape index (κ2) is 12.3. The Hall–Kier alpha value is -1.85. The van der Waals surface area contributed by atoms with Gasteiger partial charge in [0, 0.05) is 40.5 Å². The number of allylic oxidation sites excluding steroid dienone is 2. The Kier molecular flexibility index (Phi) is 10.0. The van der Waals surface area contributed by atoms with Crippen LogP contribution in [0.25, 0.3) is 0 Å². The van der Waals surface area contributed by atoms with Crippen LogP contribution in [0.4, 0.5) is 4.79 Å². The number of rotatable bonds is 5. The summed E-state index contributed by atoms with van der Waals surface area (Å²) in [6.45, 7) is 13.2. The first-order valence-corrected chi connectivity index (χ1v) is 15.6. The summed E-state index contributed by atoms with van der Waals surface area (Å²) in [4.78, 5) is 41.9. The molecule has 0 N–H and O–H groups in total. The zero-order chi connectivity index (χ0) is 29.3. The van der Waals surface area contributed by atoms with Gasteiger partial charge < -0.3 is 14.5 Å². The Bertz CT molecular complexity index is 942. The van der Waals surface area contributed by atoms with Gasteiger partial charge in [-0.05, 0) is 104 Å². The minimum atomic E-state index is -0.289. The molecular formula is C33H56N2O4. The molecule has 4 rings (SSSR count). The fraction of sp³-hybridized carbons (Fsp3) is 0.848. The lowest BCUT2D eigenvalue weighted by molar-refractivity contribution is -0.150. The minimum absolute atomic E-state index is 0.0740. The Balaban J connectivity index is 0.00000205. The first kappa shape index (κ1) is 31.7. The number of ether oxygens (including phenoxy) is 1. The van der Waals surface area contributed by atoms with Crippen molar-refractivity contribution in [2.24, 2.45) is 46.3 Å². The molecule has 9 atom stereocenters. The number of nitrogens with zero attached hydrogens (tertiary/aromatic N) is 2. The van der Waals surface area contributed by atoms with Gasteiger partial charge in [-0.25, -0.2) is 4.79 Å². The second-order valence-corrected chi connectivity index (χ2v) is 13.6. The summed E-state index contributed by atoms with van der Waals surface area (Å²) in [7, 11) is 7.11. The van der Waals surface area contributed by atoms with Crippen molar-refractivity contribution in [1.82, 2.24) is 9.80 Å². The lowest BCUT2D eigenvalue weighted by Gasteiger charge is -2.61. The van der Waals surface area contributed by atoms with E-state index in [-0.39, 0.29) is 40.8 Å². The predicted molar refractivity (Wildman–Crippen MR) is 157 cm³/mol. The van der Waals surface area contributed by atoms with Crippen LogP contribution in [0.15, 0.2) is 11.6 Å². The van der Waals surface area contributed by atoms with Gasteiger partial charge in [-0.3, -0.25) is 9.59 Å². The van der Waals surface area contributed by atoms with Crippen LogP contribution in [-0.4, -0.2) is 61.9 Å². The van der Waals surface area contributed by atoms with Crippen molar-refractivity contribution in [2.45, 2.75) is 105 Å². The van der Waals surface area contributed by atoms with E-state index in [4.69, 9.17) is 4.74 Å². The van der Waals surface area contributed by atoms with Crippen LogP contribution in [-0.2, 0) is 14.3 Å². The van der Waals surface area contributed by atoms with Crippen LogP contribution in [0.2, 0.25) is 0 Å². The summed E-state index contributed by atoms with van der Waals surface area (Å²) < 4.78 is 5.81. The Morgan fingerprint density at radius 1 is 0.974 bits per heavy atom. The molecule has 0 heterocycles. The van der Waals surface area contributed by atoms with Crippen LogP contribution in [0.5, 0.6) is 0 Å². The number of Topliss-reactive ketones (excluding diaryl/α,β-unsaturated/α-hetero) is 1. The molecule has 0 saturated heterocycles. The number of carbonyl (C=O) groups excluding carboxylic acids is 3. The van der Waals surface area contributed by atoms with Crippen molar-refractivity contribution >= 4 is 17.8 Å². The molecule has 0 aromatic carbocycles. The van der Waals surface area contributed by atoms with Crippen LogP contribution >= 0.6 is 0 Å². The number of hydrogen-bond acceptors (Lipinski definition) is 4. The molecule has 0 aliphatic heterocycles. The van der Waals surface area contributed by atoms with Gasteiger partial charge in [-0.2, -0.15) is 0 Å². The van der Waals surface area contributed by atoms with Crippen molar-refractivity contribution in [3.05, 3.63) is 11.6 Å². The average Bonchev–Trinajstić information content (AvgIpc) is 3.26. The Labute approximate surface area is 238 Å². The van der Waals surface area contributed by atoms with Crippen LogP contribution in [0.1, 0.15) is 99.3 Å². The van der Waals surface area contributed by atoms with E-state index in [2.05, 4.69) is 26.8 Å². The van der Waals surface area contributed by atoms with Gasteiger partial charge in [0.2, 0.25) is 5.91 Å². The van der Waals surface area contributed by atoms with E-state index in [1.165, 1.54) is 17.7 Å². The third-order valence-electron chi connectivity index (χ3n) is 11.4. The van der Waals surface area contributed by atoms with Crippen molar-refractivity contribution in [3.8, 4) is 0 Å². The number of carbonyl (C=O) groups is 3. The maximum absolute atomic E-state index is 14.2. The fourth-order valence-corrected chi connectivity index (χ4v) is 9.28. The van der Waals surface area contributed by atoms with E-state index in [1.807, 2.05) is 34.9 Å². The molecule has 6 heteroatoms. The summed E-state index contributed by atoms with van der Waals surface area (Å²) in [5.41, 5.74) is 1.23. The molecule has 0 aromatic rings. The monoisotopic (exact) mass is 544 g/mol. The molecule has 39 heavy (non-hydrogen) atoms. The SMILES string of the molecule is C/C=C1/C(=O)C2C(CCC3(C)C(C(C)CCC(=O)N(C)C)CCC23)C2(C)CC[C@@H](OC(=O)N(C)C)CC12.CC. The zero-order valence-corrected chi connectivity index (χ0v) is 26.5. The standard InChI is InChI=1S/C31H50N2O4.C2H6/c1-9-21-25-18-20(37-29(36)33(7)8)14-16-31(25,4)24-15-17-30(3)22(11-12-23(30)27(24)28(21)35)19(2)10-13-26(34)32(5)6;1-2/h9,19-20,22-25,27H,10-18H2,1-8H3;1-2H3/b21-9+;/t19?,20-,22?,23?,24?,25?,27?,30?,31?;/m1./s1. The van der Waals surface area contributed by atoms with Crippen molar-refractivity contribution in [2.75, 3.05) is 28.2 Å². The van der Waals surface area contributed by atoms with Crippen LogP contribution in [0, 0.1) is 46.3 Å². The quantitative estimate of drug-likeness (QED) is 0.350. The van der Waals surface area contributed by atoms with E-state index in [9.17, 15) is 14.4 Å². The normalized spacial score (nSPS) is 38.9. The summed E-state index contributed by atoms with van der Waals surface area (Å²) in [6.07, 6.45) is 10.4. The molecule has 4 saturated carbocycles. The largest absolute Gasteiger partial charge is 0.446 e. The zero-order valence-electron chi connectivity index (χ0n) is 26.5. The average molecular weight is 545 g/mol. The topological polar surface area (TPSA) is 66.9 Å². The van der Waals surface area contributed by atoms with Gasteiger partial charge in [0.25, 0.3) is 0 Å². The second-order valence-electron chi connectivity index (χ2n) is 13.6. The Morgan fingerprint density at radius 3 is 2.18 bits per heavy atom. The number of hydrogen-bond donors (Lipinski definition) is 0. The molecule has 8 unspecified atom stereocenters. The maximum Gasteiger partial charge on any atom is 0.409 e. The Morgan fingerprint density at radius 2 is 1.59 bits per heavy atom. The summed E-state index contributed by atoms with van der Waals surface area (Å²) >= 11 is 0. The van der Waals surface area contributed by atoms with Gasteiger partial charge >= 0.3 is 6.09 Å². The number of amides is 2. The van der Waals surface area contributed by atoms with Crippen molar-refractivity contribution < 1.29 is 19.1 Å². The van der Waals surface area contributed by atoms with Gasteiger partial charge in [0.05, 0.1) is 0 Å².